The van der Waals surface area contributed by atoms with Gasteiger partial charge in [0.2, 0.25) is 5.91 Å². The summed E-state index contributed by atoms with van der Waals surface area (Å²) in [6.45, 7) is 0. The Morgan fingerprint density at radius 3 is 2.36 bits per heavy atom. The van der Waals surface area contributed by atoms with E-state index in [9.17, 15) is 19.5 Å². The van der Waals surface area contributed by atoms with Gasteiger partial charge in [0.1, 0.15) is 5.75 Å². The monoisotopic (exact) mass is 353 g/mol. The number of phenolic OH excluding ortho intramolecular Hbond substituents is 1. The van der Waals surface area contributed by atoms with Gasteiger partial charge >= 0.3 is 0 Å². The van der Waals surface area contributed by atoms with Crippen LogP contribution >= 0.6 is 11.8 Å². The molecule has 2 N–H and O–H groups in total. The largest absolute Gasteiger partial charge is 0.508 e. The van der Waals surface area contributed by atoms with E-state index in [1.54, 1.807) is 54.6 Å². The molecule has 1 aliphatic rings. The number of allylic oxidation sites excluding steroid dienone is 1. The van der Waals surface area contributed by atoms with Crippen LogP contribution in [0.25, 0.3) is 6.08 Å². The van der Waals surface area contributed by atoms with Crippen LogP contribution in [0.1, 0.15) is 21.5 Å². The first-order valence-electron chi connectivity index (χ1n) is 7.63. The van der Waals surface area contributed by atoms with Gasteiger partial charge in [0, 0.05) is 5.56 Å². The van der Waals surface area contributed by atoms with Gasteiger partial charge < -0.3 is 5.11 Å². The summed E-state index contributed by atoms with van der Waals surface area (Å²) in [6, 6.07) is 13.5. The minimum absolute atomic E-state index is 0.136. The minimum Gasteiger partial charge on any atom is -0.508 e. The van der Waals surface area contributed by atoms with Crippen molar-refractivity contribution in [3.63, 3.8) is 0 Å². The molecule has 0 radical (unpaired) electrons. The van der Waals surface area contributed by atoms with Crippen molar-refractivity contribution in [3.8, 4) is 5.75 Å². The maximum atomic E-state index is 12.2. The molecule has 1 heterocycles. The summed E-state index contributed by atoms with van der Waals surface area (Å²) in [5.74, 6) is -0.232. The van der Waals surface area contributed by atoms with Crippen LogP contribution in [0, 0.1) is 0 Å². The Morgan fingerprint density at radius 1 is 1.08 bits per heavy atom. The Morgan fingerprint density at radius 2 is 1.76 bits per heavy atom. The van der Waals surface area contributed by atoms with Crippen molar-refractivity contribution < 1.29 is 19.5 Å². The number of ketones is 1. The van der Waals surface area contributed by atoms with Gasteiger partial charge in [-0.15, -0.1) is 0 Å². The summed E-state index contributed by atoms with van der Waals surface area (Å²) in [4.78, 5) is 34.9. The first-order valence-corrected chi connectivity index (χ1v) is 8.51. The highest BCUT2D eigenvalue weighted by Crippen LogP contribution is 2.23. The Kier molecular flexibility index (Phi) is 5.00. The van der Waals surface area contributed by atoms with Crippen LogP contribution in [-0.4, -0.2) is 27.3 Å². The van der Waals surface area contributed by atoms with Crippen molar-refractivity contribution in [2.24, 2.45) is 0 Å². The second-order valence-corrected chi connectivity index (χ2v) is 6.75. The number of imide groups is 1. The van der Waals surface area contributed by atoms with Crippen molar-refractivity contribution in [2.45, 2.75) is 11.7 Å². The minimum atomic E-state index is -0.413. The van der Waals surface area contributed by atoms with Gasteiger partial charge in [-0.2, -0.15) is 0 Å². The fourth-order valence-electron chi connectivity index (χ4n) is 2.40. The molecule has 1 fully saturated rings. The van der Waals surface area contributed by atoms with Gasteiger partial charge in [0.05, 0.1) is 5.25 Å². The molecule has 0 aromatic heterocycles. The molecule has 5 nitrogen and oxygen atoms in total. The lowest BCUT2D eigenvalue weighted by atomic mass is 10.0. The zero-order valence-electron chi connectivity index (χ0n) is 13.1. The molecule has 126 valence electrons. The van der Waals surface area contributed by atoms with Crippen molar-refractivity contribution in [3.05, 3.63) is 71.3 Å². The standard InChI is InChI=1S/C19H15NO4S/c21-15-8-3-12(4-9-15)5-10-16(22)14-6-1-13(2-7-14)11-17-18(23)20-19(24)25-17/h1-10,17,21H,11H2,(H,20,23,24)/b10-5+. The quantitative estimate of drug-likeness (QED) is 0.637. The van der Waals surface area contributed by atoms with Gasteiger partial charge in [0.15, 0.2) is 5.78 Å². The highest BCUT2D eigenvalue weighted by Gasteiger charge is 2.31. The molecule has 3 rings (SSSR count). The van der Waals surface area contributed by atoms with Crippen molar-refractivity contribution in [1.82, 2.24) is 5.32 Å². The smallest absolute Gasteiger partial charge is 0.286 e. The SMILES string of the molecule is O=C1NC(=O)C(Cc2ccc(C(=O)/C=C/c3ccc(O)cc3)cc2)S1. The zero-order chi connectivity index (χ0) is 17.8. The molecule has 2 aromatic rings. The third kappa shape index (κ3) is 4.36. The van der Waals surface area contributed by atoms with Crippen molar-refractivity contribution in [1.29, 1.82) is 0 Å². The lowest BCUT2D eigenvalue weighted by molar-refractivity contribution is -0.118. The van der Waals surface area contributed by atoms with E-state index in [-0.39, 0.29) is 22.7 Å². The van der Waals surface area contributed by atoms with E-state index in [1.807, 2.05) is 0 Å². The molecule has 0 bridgehead atoms. The number of hydrogen-bond acceptors (Lipinski definition) is 5. The van der Waals surface area contributed by atoms with E-state index in [0.717, 1.165) is 22.9 Å². The Bertz CT molecular complexity index is 841. The maximum absolute atomic E-state index is 12.2. The molecule has 1 atom stereocenters. The van der Waals surface area contributed by atoms with Crippen LogP contribution in [0.15, 0.2) is 54.6 Å². The fourth-order valence-corrected chi connectivity index (χ4v) is 3.26. The number of amides is 2. The molecule has 1 aliphatic heterocycles. The second kappa shape index (κ2) is 7.36. The molecule has 6 heteroatoms. The predicted octanol–water partition coefficient (Wildman–Crippen LogP) is 3.18. The number of rotatable bonds is 5. The summed E-state index contributed by atoms with van der Waals surface area (Å²) in [5, 5.41) is 10.8. The number of thioether (sulfide) groups is 1. The summed E-state index contributed by atoms with van der Waals surface area (Å²) >= 11 is 0.990. The first kappa shape index (κ1) is 17.0. The van der Waals surface area contributed by atoms with Crippen LogP contribution in [0.2, 0.25) is 0 Å². The van der Waals surface area contributed by atoms with Gasteiger partial charge in [0.25, 0.3) is 5.24 Å². The lowest BCUT2D eigenvalue weighted by Crippen LogP contribution is -2.25. The Hall–Kier alpha value is -2.86. The van der Waals surface area contributed by atoms with Gasteiger partial charge in [-0.25, -0.2) is 0 Å². The van der Waals surface area contributed by atoms with Crippen LogP contribution < -0.4 is 5.32 Å². The molecular formula is C19H15NO4S. The van der Waals surface area contributed by atoms with Crippen LogP contribution in [0.5, 0.6) is 5.75 Å². The second-order valence-electron chi connectivity index (χ2n) is 5.57. The van der Waals surface area contributed by atoms with Gasteiger partial charge in [-0.3, -0.25) is 19.7 Å². The normalized spacial score (nSPS) is 17.0. The van der Waals surface area contributed by atoms with Crippen LogP contribution in [0.3, 0.4) is 0 Å². The molecule has 2 aromatic carbocycles. The molecule has 2 amide bonds. The summed E-state index contributed by atoms with van der Waals surface area (Å²) in [6.07, 6.45) is 3.60. The Balaban J connectivity index is 1.63. The molecular weight excluding hydrogens is 338 g/mol. The topological polar surface area (TPSA) is 83.5 Å². The zero-order valence-corrected chi connectivity index (χ0v) is 14.0. The molecule has 0 spiro atoms. The fraction of sp³-hybridized carbons (Fsp3) is 0.105. The number of phenols is 1. The average molecular weight is 353 g/mol. The van der Waals surface area contributed by atoms with Gasteiger partial charge in [-0.1, -0.05) is 54.2 Å². The predicted molar refractivity (Wildman–Crippen MR) is 96.5 cm³/mol. The molecule has 0 aliphatic carbocycles. The third-order valence-corrected chi connectivity index (χ3v) is 4.73. The summed E-state index contributed by atoms with van der Waals surface area (Å²) < 4.78 is 0. The van der Waals surface area contributed by atoms with Crippen molar-refractivity contribution in [2.75, 3.05) is 0 Å². The summed E-state index contributed by atoms with van der Waals surface area (Å²) in [7, 11) is 0. The number of hydrogen-bond donors (Lipinski definition) is 2. The van der Waals surface area contributed by atoms with Gasteiger partial charge in [-0.05, 0) is 35.8 Å². The molecule has 0 saturated carbocycles. The van der Waals surface area contributed by atoms with E-state index in [2.05, 4.69) is 5.32 Å². The summed E-state index contributed by atoms with van der Waals surface area (Å²) in [5.41, 5.74) is 2.25. The van der Waals surface area contributed by atoms with Crippen LogP contribution in [0.4, 0.5) is 4.79 Å². The highest BCUT2D eigenvalue weighted by molar-refractivity contribution is 8.15. The molecule has 1 saturated heterocycles. The van der Waals surface area contributed by atoms with E-state index in [0.29, 0.717) is 12.0 Å². The van der Waals surface area contributed by atoms with E-state index in [4.69, 9.17) is 0 Å². The number of nitrogens with one attached hydrogen (secondary N) is 1. The average Bonchev–Trinajstić information content (AvgIpc) is 2.92. The number of aromatic hydroxyl groups is 1. The number of carbonyl (C=O) groups excluding carboxylic acids is 3. The molecule has 1 unspecified atom stereocenters. The highest BCUT2D eigenvalue weighted by atomic mass is 32.2. The number of benzene rings is 2. The lowest BCUT2D eigenvalue weighted by Gasteiger charge is -2.05. The Labute approximate surface area is 148 Å². The number of carbonyl (C=O) groups is 3. The first-order chi connectivity index (χ1) is 12.0. The van der Waals surface area contributed by atoms with E-state index >= 15 is 0 Å². The van der Waals surface area contributed by atoms with E-state index in [1.165, 1.54) is 6.08 Å². The third-order valence-electron chi connectivity index (χ3n) is 3.75. The van der Waals surface area contributed by atoms with Crippen molar-refractivity contribution >= 4 is 34.8 Å². The molecule has 25 heavy (non-hydrogen) atoms. The van der Waals surface area contributed by atoms with Crippen LogP contribution in [-0.2, 0) is 11.2 Å². The van der Waals surface area contributed by atoms with E-state index < -0.39 is 5.25 Å². The maximum Gasteiger partial charge on any atom is 0.286 e.